The monoisotopic (exact) mass is 640 g/mol. The Bertz CT molecular complexity index is 1730. The second-order valence-corrected chi connectivity index (χ2v) is 11.7. The van der Waals surface area contributed by atoms with Gasteiger partial charge < -0.3 is 21.7 Å². The standard InChI is InChI=1S/2C20H21N.C2H2O4/c2*21-20(18-9-2-1-3-10-18)15-7-13-17-12-6-11-16-8-4-5-14-19(16)17;3-1(4)2(5)6/h2*1-6,8-12,14,20H,7,13,15,21H2;(H,3,4)(H,5,6). The molecular weight excluding hydrogens is 596 g/mol. The molecule has 0 spiro atoms. The van der Waals surface area contributed by atoms with Crippen molar-refractivity contribution in [1.29, 1.82) is 0 Å². The highest BCUT2D eigenvalue weighted by molar-refractivity contribution is 6.27. The van der Waals surface area contributed by atoms with Gasteiger partial charge in [0.25, 0.3) is 0 Å². The summed E-state index contributed by atoms with van der Waals surface area (Å²) in [5.41, 5.74) is 17.9. The molecule has 0 fully saturated rings. The van der Waals surface area contributed by atoms with Crippen molar-refractivity contribution >= 4 is 33.5 Å². The number of nitrogens with two attached hydrogens (primary N) is 2. The van der Waals surface area contributed by atoms with Crippen molar-refractivity contribution in [1.82, 2.24) is 0 Å². The summed E-state index contributed by atoms with van der Waals surface area (Å²) in [4.78, 5) is 18.2. The number of hydrogen-bond donors (Lipinski definition) is 4. The molecule has 0 radical (unpaired) electrons. The number of aryl methyl sites for hydroxylation is 2. The Morgan fingerprint density at radius 1 is 0.458 bits per heavy atom. The fourth-order valence-corrected chi connectivity index (χ4v) is 5.78. The molecule has 0 aliphatic carbocycles. The van der Waals surface area contributed by atoms with Crippen molar-refractivity contribution in [3.63, 3.8) is 0 Å². The predicted octanol–water partition coefficient (Wildman–Crippen LogP) is 8.88. The molecule has 6 heteroatoms. The second-order valence-electron chi connectivity index (χ2n) is 11.7. The van der Waals surface area contributed by atoms with Gasteiger partial charge >= 0.3 is 11.9 Å². The van der Waals surface area contributed by atoms with Gasteiger partial charge in [0.1, 0.15) is 0 Å². The number of rotatable bonds is 10. The lowest BCUT2D eigenvalue weighted by Gasteiger charge is -2.12. The van der Waals surface area contributed by atoms with E-state index in [4.69, 9.17) is 31.3 Å². The lowest BCUT2D eigenvalue weighted by molar-refractivity contribution is -0.159. The van der Waals surface area contributed by atoms with E-state index in [1.165, 1.54) is 43.8 Å². The van der Waals surface area contributed by atoms with E-state index in [0.717, 1.165) is 38.5 Å². The molecule has 6 nitrogen and oxygen atoms in total. The highest BCUT2D eigenvalue weighted by atomic mass is 16.4. The van der Waals surface area contributed by atoms with Gasteiger partial charge in [-0.1, -0.05) is 146 Å². The van der Waals surface area contributed by atoms with Crippen LogP contribution in [-0.4, -0.2) is 22.2 Å². The zero-order valence-electron chi connectivity index (χ0n) is 27.1. The molecule has 48 heavy (non-hydrogen) atoms. The average Bonchev–Trinajstić information content (AvgIpc) is 3.13. The van der Waals surface area contributed by atoms with E-state index in [2.05, 4.69) is 133 Å². The van der Waals surface area contributed by atoms with Gasteiger partial charge in [-0.15, -0.1) is 0 Å². The molecule has 246 valence electrons. The number of fused-ring (bicyclic) bond motifs is 2. The first-order valence-corrected chi connectivity index (χ1v) is 16.3. The minimum atomic E-state index is -1.82. The van der Waals surface area contributed by atoms with E-state index in [1.807, 2.05) is 12.1 Å². The Morgan fingerprint density at radius 3 is 1.17 bits per heavy atom. The molecule has 0 amide bonds. The molecule has 2 unspecified atom stereocenters. The summed E-state index contributed by atoms with van der Waals surface area (Å²) >= 11 is 0. The zero-order valence-corrected chi connectivity index (χ0v) is 27.1. The highest BCUT2D eigenvalue weighted by Crippen LogP contribution is 2.24. The van der Waals surface area contributed by atoms with E-state index < -0.39 is 11.9 Å². The van der Waals surface area contributed by atoms with Gasteiger partial charge in [-0.3, -0.25) is 0 Å². The summed E-state index contributed by atoms with van der Waals surface area (Å²) in [7, 11) is 0. The molecule has 6 aromatic rings. The number of aliphatic carboxylic acids is 2. The van der Waals surface area contributed by atoms with Crippen LogP contribution < -0.4 is 11.5 Å². The lowest BCUT2D eigenvalue weighted by atomic mass is 9.97. The van der Waals surface area contributed by atoms with Gasteiger partial charge in [0, 0.05) is 12.1 Å². The number of hydrogen-bond acceptors (Lipinski definition) is 4. The quantitative estimate of drug-likeness (QED) is 0.111. The maximum atomic E-state index is 9.10. The molecular formula is C42H44N2O4. The van der Waals surface area contributed by atoms with Crippen LogP contribution in [0.1, 0.15) is 60.0 Å². The van der Waals surface area contributed by atoms with Crippen LogP contribution in [0.4, 0.5) is 0 Å². The maximum Gasteiger partial charge on any atom is 0.414 e. The van der Waals surface area contributed by atoms with Gasteiger partial charge in [0.2, 0.25) is 0 Å². The molecule has 0 aliphatic heterocycles. The lowest BCUT2D eigenvalue weighted by Crippen LogP contribution is -2.10. The zero-order chi connectivity index (χ0) is 34.1. The first-order chi connectivity index (χ1) is 23.3. The fourth-order valence-electron chi connectivity index (χ4n) is 5.78. The first-order valence-electron chi connectivity index (χ1n) is 16.3. The second kappa shape index (κ2) is 18.7. The van der Waals surface area contributed by atoms with Gasteiger partial charge in [0.05, 0.1) is 0 Å². The number of carboxylic acid groups (broad SMARTS) is 2. The third-order valence-corrected chi connectivity index (χ3v) is 8.32. The van der Waals surface area contributed by atoms with Crippen LogP contribution in [0.2, 0.25) is 0 Å². The molecule has 0 aliphatic rings. The van der Waals surface area contributed by atoms with Crippen molar-refractivity contribution in [2.24, 2.45) is 11.5 Å². The average molecular weight is 641 g/mol. The van der Waals surface area contributed by atoms with Crippen LogP contribution in [0.25, 0.3) is 21.5 Å². The van der Waals surface area contributed by atoms with Gasteiger partial charge in [-0.05, 0) is 82.3 Å². The van der Waals surface area contributed by atoms with Crippen molar-refractivity contribution < 1.29 is 19.8 Å². The summed E-state index contributed by atoms with van der Waals surface area (Å²) in [6.45, 7) is 0. The van der Waals surface area contributed by atoms with Gasteiger partial charge in [0.15, 0.2) is 0 Å². The number of carboxylic acids is 2. The van der Waals surface area contributed by atoms with Crippen LogP contribution >= 0.6 is 0 Å². The maximum absolute atomic E-state index is 9.10. The highest BCUT2D eigenvalue weighted by Gasteiger charge is 2.08. The third kappa shape index (κ3) is 10.9. The van der Waals surface area contributed by atoms with Crippen LogP contribution in [0.5, 0.6) is 0 Å². The fraction of sp³-hybridized carbons (Fsp3) is 0.190. The third-order valence-electron chi connectivity index (χ3n) is 8.32. The summed E-state index contributed by atoms with van der Waals surface area (Å²) in [6, 6.07) is 51.3. The molecule has 2 atom stereocenters. The Morgan fingerprint density at radius 2 is 0.792 bits per heavy atom. The van der Waals surface area contributed by atoms with Crippen molar-refractivity contribution in [3.05, 3.63) is 168 Å². The molecule has 0 heterocycles. The summed E-state index contributed by atoms with van der Waals surface area (Å²) in [6.07, 6.45) is 6.44. The van der Waals surface area contributed by atoms with E-state index in [-0.39, 0.29) is 12.1 Å². The minimum Gasteiger partial charge on any atom is -0.473 e. The van der Waals surface area contributed by atoms with Crippen molar-refractivity contribution in [3.8, 4) is 0 Å². The summed E-state index contributed by atoms with van der Waals surface area (Å²) in [5, 5.41) is 20.2. The predicted molar refractivity (Wildman–Crippen MR) is 196 cm³/mol. The number of benzene rings is 6. The topological polar surface area (TPSA) is 127 Å². The Kier molecular flexibility index (Phi) is 13.9. The Hall–Kier alpha value is -5.30. The molecule has 6 N–H and O–H groups in total. The number of carbonyl (C=O) groups is 2. The molecule has 6 rings (SSSR count). The SMILES string of the molecule is NC(CCCc1cccc2ccccc12)c1ccccc1.NC(CCCc1cccc2ccccc12)c1ccccc1.O=C(O)C(=O)O. The van der Waals surface area contributed by atoms with Crippen LogP contribution in [0, 0.1) is 0 Å². The first kappa shape index (κ1) is 35.6. The van der Waals surface area contributed by atoms with E-state index >= 15 is 0 Å². The summed E-state index contributed by atoms with van der Waals surface area (Å²) in [5.74, 6) is -3.65. The van der Waals surface area contributed by atoms with Gasteiger partial charge in [-0.25, -0.2) is 9.59 Å². The van der Waals surface area contributed by atoms with Gasteiger partial charge in [-0.2, -0.15) is 0 Å². The Labute approximate surface area is 282 Å². The van der Waals surface area contributed by atoms with Crippen LogP contribution in [0.15, 0.2) is 146 Å². The normalized spacial score (nSPS) is 11.8. The molecule has 0 bridgehead atoms. The summed E-state index contributed by atoms with van der Waals surface area (Å²) < 4.78 is 0. The molecule has 0 saturated carbocycles. The van der Waals surface area contributed by atoms with Crippen molar-refractivity contribution in [2.45, 2.75) is 50.6 Å². The van der Waals surface area contributed by atoms with E-state index in [9.17, 15) is 0 Å². The van der Waals surface area contributed by atoms with Crippen LogP contribution in [-0.2, 0) is 22.4 Å². The van der Waals surface area contributed by atoms with E-state index in [0.29, 0.717) is 0 Å². The largest absolute Gasteiger partial charge is 0.473 e. The minimum absolute atomic E-state index is 0.140. The van der Waals surface area contributed by atoms with E-state index in [1.54, 1.807) is 0 Å². The van der Waals surface area contributed by atoms with Crippen LogP contribution in [0.3, 0.4) is 0 Å². The molecule has 0 saturated heterocycles. The smallest absolute Gasteiger partial charge is 0.414 e. The molecule has 6 aromatic carbocycles. The molecule has 0 aromatic heterocycles. The van der Waals surface area contributed by atoms with Crippen molar-refractivity contribution in [2.75, 3.05) is 0 Å². The Balaban J connectivity index is 0.000000186.